The fourth-order valence-corrected chi connectivity index (χ4v) is 2.78. The molecule has 28 heavy (non-hydrogen) atoms. The molecule has 1 N–H and O–H groups in total. The number of rotatable bonds is 7. The van der Waals surface area contributed by atoms with Crippen LogP contribution < -0.4 is 5.32 Å². The highest BCUT2D eigenvalue weighted by Gasteiger charge is 2.19. The second kappa shape index (κ2) is 8.43. The second-order valence-electron chi connectivity index (χ2n) is 6.35. The van der Waals surface area contributed by atoms with Crippen molar-refractivity contribution in [3.63, 3.8) is 0 Å². The van der Waals surface area contributed by atoms with Crippen molar-refractivity contribution in [2.75, 3.05) is 20.2 Å². The fraction of sp³-hybridized carbons (Fsp3) is 0.250. The number of carbonyl (C=O) groups excluding carboxylic acids is 3. The zero-order chi connectivity index (χ0) is 20.1. The molecule has 1 aromatic carbocycles. The van der Waals surface area contributed by atoms with Crippen LogP contribution in [0.4, 0.5) is 0 Å². The highest BCUT2D eigenvalue weighted by atomic mass is 16.5. The highest BCUT2D eigenvalue weighted by molar-refractivity contribution is 6.04. The first-order valence-electron chi connectivity index (χ1n) is 8.70. The van der Waals surface area contributed by atoms with E-state index in [1.54, 1.807) is 18.3 Å². The van der Waals surface area contributed by atoms with E-state index < -0.39 is 18.5 Å². The van der Waals surface area contributed by atoms with Crippen LogP contribution in [0.1, 0.15) is 16.1 Å². The zero-order valence-electron chi connectivity index (χ0n) is 15.7. The van der Waals surface area contributed by atoms with Crippen LogP contribution in [0.2, 0.25) is 0 Å². The van der Waals surface area contributed by atoms with Gasteiger partial charge in [-0.15, -0.1) is 0 Å². The van der Waals surface area contributed by atoms with Crippen molar-refractivity contribution < 1.29 is 23.5 Å². The predicted molar refractivity (Wildman–Crippen MR) is 101 cm³/mol. The number of benzene rings is 1. The number of hydrogen-bond donors (Lipinski definition) is 1. The van der Waals surface area contributed by atoms with Gasteiger partial charge in [-0.25, -0.2) is 4.79 Å². The molecule has 146 valence electrons. The Morgan fingerprint density at radius 1 is 1.18 bits per heavy atom. The van der Waals surface area contributed by atoms with E-state index in [-0.39, 0.29) is 19.0 Å². The quantitative estimate of drug-likeness (QED) is 0.627. The Balaban J connectivity index is 1.50. The maximum Gasteiger partial charge on any atom is 0.340 e. The first kappa shape index (κ1) is 19.2. The number of esters is 1. The van der Waals surface area contributed by atoms with Gasteiger partial charge in [0, 0.05) is 31.2 Å². The monoisotopic (exact) mass is 383 g/mol. The normalized spacial score (nSPS) is 10.6. The third kappa shape index (κ3) is 4.40. The SMILES string of the molecule is CN(CC(=O)NCc1ccco1)C(=O)COC(=O)c1cn(C)c2ccccc12. The van der Waals surface area contributed by atoms with Crippen molar-refractivity contribution in [2.24, 2.45) is 7.05 Å². The number of furan rings is 1. The van der Waals surface area contributed by atoms with Crippen molar-refractivity contribution in [1.82, 2.24) is 14.8 Å². The summed E-state index contributed by atoms with van der Waals surface area (Å²) < 4.78 is 12.1. The first-order chi connectivity index (χ1) is 13.5. The number of hydrogen-bond acceptors (Lipinski definition) is 5. The van der Waals surface area contributed by atoms with Crippen LogP contribution >= 0.6 is 0 Å². The van der Waals surface area contributed by atoms with Crippen LogP contribution in [0.15, 0.2) is 53.3 Å². The summed E-state index contributed by atoms with van der Waals surface area (Å²) in [5.74, 6) is -0.776. The Bertz CT molecular complexity index is 991. The Hall–Kier alpha value is -3.55. The van der Waals surface area contributed by atoms with Crippen molar-refractivity contribution >= 4 is 28.7 Å². The number of amides is 2. The molecule has 0 bridgehead atoms. The summed E-state index contributed by atoms with van der Waals surface area (Å²) in [5, 5.41) is 3.40. The van der Waals surface area contributed by atoms with Crippen LogP contribution in [-0.2, 0) is 27.9 Å². The summed E-state index contributed by atoms with van der Waals surface area (Å²) in [5.41, 5.74) is 1.29. The van der Waals surface area contributed by atoms with Crippen LogP contribution in [0, 0.1) is 0 Å². The van der Waals surface area contributed by atoms with Crippen LogP contribution in [0.25, 0.3) is 10.9 Å². The minimum absolute atomic E-state index is 0.147. The van der Waals surface area contributed by atoms with E-state index in [1.165, 1.54) is 18.2 Å². The number of nitrogens with one attached hydrogen (secondary N) is 1. The summed E-state index contributed by atoms with van der Waals surface area (Å²) in [4.78, 5) is 37.6. The van der Waals surface area contributed by atoms with E-state index in [0.29, 0.717) is 11.3 Å². The maximum absolute atomic E-state index is 12.4. The van der Waals surface area contributed by atoms with Crippen molar-refractivity contribution in [2.45, 2.75) is 6.54 Å². The average Bonchev–Trinajstić information content (AvgIpc) is 3.32. The van der Waals surface area contributed by atoms with Crippen LogP contribution in [0.5, 0.6) is 0 Å². The van der Waals surface area contributed by atoms with Crippen molar-refractivity contribution in [3.05, 3.63) is 60.2 Å². The average molecular weight is 383 g/mol. The topological polar surface area (TPSA) is 93.8 Å². The molecule has 0 saturated carbocycles. The molecule has 0 unspecified atom stereocenters. The van der Waals surface area contributed by atoms with E-state index in [4.69, 9.17) is 9.15 Å². The first-order valence-corrected chi connectivity index (χ1v) is 8.70. The van der Waals surface area contributed by atoms with Gasteiger partial charge in [-0.1, -0.05) is 18.2 Å². The molecule has 3 aromatic rings. The molecule has 0 aliphatic heterocycles. The molecule has 0 aliphatic rings. The van der Waals surface area contributed by atoms with E-state index in [0.717, 1.165) is 10.9 Å². The van der Waals surface area contributed by atoms with Crippen molar-refractivity contribution in [3.8, 4) is 0 Å². The van der Waals surface area contributed by atoms with Gasteiger partial charge in [0.25, 0.3) is 5.91 Å². The van der Waals surface area contributed by atoms with Gasteiger partial charge in [-0.05, 0) is 18.2 Å². The minimum atomic E-state index is -0.583. The molecule has 8 heteroatoms. The summed E-state index contributed by atoms with van der Waals surface area (Å²) in [6, 6.07) is 10.9. The molecule has 0 fully saturated rings. The van der Waals surface area contributed by atoms with Crippen LogP contribution in [0.3, 0.4) is 0 Å². The van der Waals surface area contributed by atoms with E-state index >= 15 is 0 Å². The summed E-state index contributed by atoms with van der Waals surface area (Å²) in [7, 11) is 3.31. The summed E-state index contributed by atoms with van der Waals surface area (Å²) >= 11 is 0. The summed E-state index contributed by atoms with van der Waals surface area (Å²) in [6.45, 7) is -0.348. The molecule has 0 aliphatic carbocycles. The van der Waals surface area contributed by atoms with Gasteiger partial charge >= 0.3 is 5.97 Å². The third-order valence-electron chi connectivity index (χ3n) is 4.29. The second-order valence-corrected chi connectivity index (χ2v) is 6.35. The van der Waals surface area contributed by atoms with Gasteiger partial charge in [0.2, 0.25) is 5.91 Å². The minimum Gasteiger partial charge on any atom is -0.467 e. The lowest BCUT2D eigenvalue weighted by Crippen LogP contribution is -2.39. The number of ether oxygens (including phenoxy) is 1. The Morgan fingerprint density at radius 3 is 2.71 bits per heavy atom. The third-order valence-corrected chi connectivity index (χ3v) is 4.29. The number of carbonyl (C=O) groups is 3. The Labute approximate surface area is 161 Å². The fourth-order valence-electron chi connectivity index (χ4n) is 2.78. The lowest BCUT2D eigenvalue weighted by molar-refractivity contribution is -0.137. The maximum atomic E-state index is 12.4. The number of fused-ring (bicyclic) bond motifs is 1. The number of para-hydroxylation sites is 1. The number of aryl methyl sites for hydroxylation is 1. The molecular weight excluding hydrogens is 362 g/mol. The van der Waals surface area contributed by atoms with Crippen molar-refractivity contribution in [1.29, 1.82) is 0 Å². The molecule has 2 heterocycles. The predicted octanol–water partition coefficient (Wildman–Crippen LogP) is 1.70. The van der Waals surface area contributed by atoms with Crippen LogP contribution in [-0.4, -0.2) is 47.4 Å². The van der Waals surface area contributed by atoms with Gasteiger partial charge in [-0.3, -0.25) is 9.59 Å². The van der Waals surface area contributed by atoms with E-state index in [9.17, 15) is 14.4 Å². The number of aromatic nitrogens is 1. The lowest BCUT2D eigenvalue weighted by atomic mass is 10.2. The number of likely N-dealkylation sites (N-methyl/N-ethyl adjacent to an activating group) is 1. The van der Waals surface area contributed by atoms with E-state index in [1.807, 2.05) is 35.9 Å². The van der Waals surface area contributed by atoms with Gasteiger partial charge in [0.1, 0.15) is 5.76 Å². The van der Waals surface area contributed by atoms with Gasteiger partial charge in [0.05, 0.1) is 24.9 Å². The number of nitrogens with zero attached hydrogens (tertiary/aromatic N) is 2. The molecule has 0 spiro atoms. The standard InChI is InChI=1S/C20H21N3O5/c1-22-11-16(15-7-3-4-8-17(15)22)20(26)28-13-19(25)23(2)12-18(24)21-10-14-6-5-9-27-14/h3-9,11H,10,12-13H2,1-2H3,(H,21,24). The molecule has 2 aromatic heterocycles. The Morgan fingerprint density at radius 2 is 1.96 bits per heavy atom. The molecule has 2 amide bonds. The highest BCUT2D eigenvalue weighted by Crippen LogP contribution is 2.20. The van der Waals surface area contributed by atoms with Gasteiger partial charge in [0.15, 0.2) is 6.61 Å². The molecular formula is C20H21N3O5. The zero-order valence-corrected chi connectivity index (χ0v) is 15.7. The molecule has 0 atom stereocenters. The molecule has 0 saturated heterocycles. The molecule has 0 radical (unpaired) electrons. The molecule has 8 nitrogen and oxygen atoms in total. The Kier molecular flexibility index (Phi) is 5.78. The van der Waals surface area contributed by atoms with Gasteiger partial charge < -0.3 is 23.9 Å². The van der Waals surface area contributed by atoms with Gasteiger partial charge in [-0.2, -0.15) is 0 Å². The molecule has 3 rings (SSSR count). The lowest BCUT2D eigenvalue weighted by Gasteiger charge is -2.16. The largest absolute Gasteiger partial charge is 0.467 e. The smallest absolute Gasteiger partial charge is 0.340 e. The van der Waals surface area contributed by atoms with E-state index in [2.05, 4.69) is 5.32 Å². The summed E-state index contributed by atoms with van der Waals surface area (Å²) in [6.07, 6.45) is 3.19.